The van der Waals surface area contributed by atoms with Crippen LogP contribution in [0.15, 0.2) is 23.1 Å². The summed E-state index contributed by atoms with van der Waals surface area (Å²) in [5, 5.41) is 6.16. The van der Waals surface area contributed by atoms with E-state index in [4.69, 9.17) is 4.74 Å². The summed E-state index contributed by atoms with van der Waals surface area (Å²) in [5.74, 6) is -0.0774. The minimum Gasteiger partial charge on any atom is -0.495 e. The lowest BCUT2D eigenvalue weighted by Crippen LogP contribution is -2.45. The van der Waals surface area contributed by atoms with Crippen molar-refractivity contribution in [3.63, 3.8) is 0 Å². The summed E-state index contributed by atoms with van der Waals surface area (Å²) < 4.78 is 32.6. The van der Waals surface area contributed by atoms with Gasteiger partial charge in [0.2, 0.25) is 10.0 Å². The average molecular weight is 392 g/mol. The molecule has 1 heterocycles. The second-order valence-electron chi connectivity index (χ2n) is 6.16. The van der Waals surface area contributed by atoms with Gasteiger partial charge in [-0.15, -0.1) is 12.4 Å². The molecule has 142 valence electrons. The van der Waals surface area contributed by atoms with Crippen LogP contribution in [0.3, 0.4) is 0 Å². The first-order chi connectivity index (χ1) is 11.3. The van der Waals surface area contributed by atoms with Gasteiger partial charge in [0.15, 0.2) is 0 Å². The third kappa shape index (κ3) is 5.85. The zero-order chi connectivity index (χ0) is 17.7. The Kier molecular flexibility index (Phi) is 8.14. The SMILES string of the molecule is COc1ccc(C(=O)N[C@H]2CCCNC2)cc1S(=O)(=O)NC(C)C.Cl. The number of carbonyl (C=O) groups excluding carboxylic acids is 1. The summed E-state index contributed by atoms with van der Waals surface area (Å²) >= 11 is 0. The van der Waals surface area contributed by atoms with Crippen LogP contribution in [-0.4, -0.2) is 46.6 Å². The Hall–Kier alpha value is -1.35. The van der Waals surface area contributed by atoms with Crippen LogP contribution in [0.5, 0.6) is 5.75 Å². The molecule has 1 fully saturated rings. The van der Waals surface area contributed by atoms with E-state index in [9.17, 15) is 13.2 Å². The Morgan fingerprint density at radius 1 is 1.36 bits per heavy atom. The predicted octanol–water partition coefficient (Wildman–Crippen LogP) is 1.29. The third-order valence-electron chi connectivity index (χ3n) is 3.74. The number of amides is 1. The van der Waals surface area contributed by atoms with Gasteiger partial charge in [0.25, 0.3) is 5.91 Å². The Morgan fingerprint density at radius 2 is 2.08 bits per heavy atom. The topological polar surface area (TPSA) is 96.5 Å². The second kappa shape index (κ2) is 9.38. The first-order valence-corrected chi connectivity index (χ1v) is 9.53. The van der Waals surface area contributed by atoms with Crippen LogP contribution < -0.4 is 20.1 Å². The highest BCUT2D eigenvalue weighted by atomic mass is 35.5. The van der Waals surface area contributed by atoms with E-state index in [1.807, 2.05) is 0 Å². The molecule has 1 aromatic rings. The number of nitrogens with one attached hydrogen (secondary N) is 3. The van der Waals surface area contributed by atoms with Gasteiger partial charge >= 0.3 is 0 Å². The largest absolute Gasteiger partial charge is 0.495 e. The monoisotopic (exact) mass is 391 g/mol. The number of halogens is 1. The second-order valence-corrected chi connectivity index (χ2v) is 7.84. The summed E-state index contributed by atoms with van der Waals surface area (Å²) in [4.78, 5) is 12.4. The maximum Gasteiger partial charge on any atom is 0.251 e. The van der Waals surface area contributed by atoms with Gasteiger partial charge < -0.3 is 15.4 Å². The van der Waals surface area contributed by atoms with Gasteiger partial charge in [-0.05, 0) is 51.4 Å². The summed E-state index contributed by atoms with van der Waals surface area (Å²) in [6.45, 7) is 5.15. The molecule has 1 atom stereocenters. The van der Waals surface area contributed by atoms with E-state index in [-0.39, 0.29) is 41.0 Å². The molecule has 0 bridgehead atoms. The smallest absolute Gasteiger partial charge is 0.251 e. The van der Waals surface area contributed by atoms with Crippen LogP contribution in [0.4, 0.5) is 0 Å². The van der Waals surface area contributed by atoms with E-state index in [2.05, 4.69) is 15.4 Å². The molecule has 0 unspecified atom stereocenters. The standard InChI is InChI=1S/C16H25N3O4S.ClH/c1-11(2)19-24(21,22)15-9-12(6-7-14(15)23-3)16(20)18-13-5-4-8-17-10-13;/h6-7,9,11,13,17,19H,4-5,8,10H2,1-3H3,(H,18,20);1H/t13-;/m0./s1. The van der Waals surface area contributed by atoms with Crippen molar-refractivity contribution < 1.29 is 17.9 Å². The summed E-state index contributed by atoms with van der Waals surface area (Å²) in [6.07, 6.45) is 1.92. The number of hydrogen-bond acceptors (Lipinski definition) is 5. The first-order valence-electron chi connectivity index (χ1n) is 8.05. The Bertz CT molecular complexity index is 689. The molecule has 1 amide bonds. The van der Waals surface area contributed by atoms with E-state index >= 15 is 0 Å². The lowest BCUT2D eigenvalue weighted by molar-refractivity contribution is 0.0930. The summed E-state index contributed by atoms with van der Waals surface area (Å²) in [5.41, 5.74) is 0.297. The molecular formula is C16H26ClN3O4S. The van der Waals surface area contributed by atoms with Gasteiger partial charge in [-0.2, -0.15) is 0 Å². The number of piperidine rings is 1. The van der Waals surface area contributed by atoms with E-state index in [1.165, 1.54) is 19.2 Å². The summed E-state index contributed by atoms with van der Waals surface area (Å²) in [7, 11) is -2.36. The molecule has 7 nitrogen and oxygen atoms in total. The van der Waals surface area contributed by atoms with Crippen LogP contribution in [0.25, 0.3) is 0 Å². The fourth-order valence-corrected chi connectivity index (χ4v) is 4.09. The fraction of sp³-hybridized carbons (Fsp3) is 0.562. The molecule has 1 aliphatic rings. The molecule has 1 aliphatic heterocycles. The molecule has 0 aliphatic carbocycles. The van der Waals surface area contributed by atoms with Crippen molar-refractivity contribution in [3.05, 3.63) is 23.8 Å². The number of benzene rings is 1. The minimum atomic E-state index is -3.76. The number of methoxy groups -OCH3 is 1. The highest BCUT2D eigenvalue weighted by molar-refractivity contribution is 7.89. The lowest BCUT2D eigenvalue weighted by Gasteiger charge is -2.24. The van der Waals surface area contributed by atoms with Crippen LogP contribution in [0, 0.1) is 0 Å². The highest BCUT2D eigenvalue weighted by Gasteiger charge is 2.23. The molecule has 0 radical (unpaired) electrons. The van der Waals surface area contributed by atoms with Crippen LogP contribution in [0.1, 0.15) is 37.0 Å². The van der Waals surface area contributed by atoms with Crippen molar-refractivity contribution in [2.75, 3.05) is 20.2 Å². The van der Waals surface area contributed by atoms with Crippen molar-refractivity contribution in [3.8, 4) is 5.75 Å². The van der Waals surface area contributed by atoms with Gasteiger partial charge in [0.1, 0.15) is 10.6 Å². The number of sulfonamides is 1. The first kappa shape index (κ1) is 21.7. The molecule has 1 saturated heterocycles. The molecule has 2 rings (SSSR count). The number of carbonyl (C=O) groups is 1. The van der Waals surface area contributed by atoms with Crippen molar-refractivity contribution in [1.29, 1.82) is 0 Å². The number of rotatable bonds is 6. The molecule has 0 aromatic heterocycles. The maximum atomic E-state index is 12.5. The molecule has 9 heteroatoms. The van der Waals surface area contributed by atoms with E-state index in [0.29, 0.717) is 5.56 Å². The Balaban J connectivity index is 0.00000312. The molecule has 1 aromatic carbocycles. The zero-order valence-electron chi connectivity index (χ0n) is 14.7. The van der Waals surface area contributed by atoms with E-state index < -0.39 is 10.0 Å². The molecule has 3 N–H and O–H groups in total. The Morgan fingerprint density at radius 3 is 2.64 bits per heavy atom. The number of hydrogen-bond donors (Lipinski definition) is 3. The van der Waals surface area contributed by atoms with Crippen molar-refractivity contribution >= 4 is 28.3 Å². The van der Waals surface area contributed by atoms with Gasteiger partial charge in [0.05, 0.1) is 7.11 Å². The molecule has 0 spiro atoms. The van der Waals surface area contributed by atoms with Gasteiger partial charge in [-0.3, -0.25) is 4.79 Å². The zero-order valence-corrected chi connectivity index (χ0v) is 16.3. The normalized spacial score (nSPS) is 17.7. The predicted molar refractivity (Wildman–Crippen MR) is 99.1 cm³/mol. The van der Waals surface area contributed by atoms with E-state index in [0.717, 1.165) is 25.9 Å². The van der Waals surface area contributed by atoms with Crippen LogP contribution >= 0.6 is 12.4 Å². The van der Waals surface area contributed by atoms with Gasteiger partial charge in [-0.25, -0.2) is 13.1 Å². The molecule has 0 saturated carbocycles. The van der Waals surface area contributed by atoms with Crippen LogP contribution in [0.2, 0.25) is 0 Å². The number of ether oxygens (including phenoxy) is 1. The third-order valence-corrected chi connectivity index (χ3v) is 5.42. The lowest BCUT2D eigenvalue weighted by atomic mass is 10.1. The minimum absolute atomic E-state index is 0. The Labute approximate surface area is 155 Å². The fourth-order valence-electron chi connectivity index (χ4n) is 2.65. The van der Waals surface area contributed by atoms with Crippen LogP contribution in [-0.2, 0) is 10.0 Å². The van der Waals surface area contributed by atoms with Crippen molar-refractivity contribution in [2.45, 2.75) is 43.7 Å². The van der Waals surface area contributed by atoms with E-state index in [1.54, 1.807) is 19.9 Å². The summed E-state index contributed by atoms with van der Waals surface area (Å²) in [6, 6.07) is 4.23. The molecule has 25 heavy (non-hydrogen) atoms. The average Bonchev–Trinajstić information content (AvgIpc) is 2.54. The van der Waals surface area contributed by atoms with Gasteiger partial charge in [0, 0.05) is 24.2 Å². The van der Waals surface area contributed by atoms with Gasteiger partial charge in [-0.1, -0.05) is 0 Å². The highest BCUT2D eigenvalue weighted by Crippen LogP contribution is 2.25. The van der Waals surface area contributed by atoms with Crippen molar-refractivity contribution in [1.82, 2.24) is 15.4 Å². The molecular weight excluding hydrogens is 366 g/mol. The maximum absolute atomic E-state index is 12.5. The quantitative estimate of drug-likeness (QED) is 0.678. The van der Waals surface area contributed by atoms with Crippen molar-refractivity contribution in [2.24, 2.45) is 0 Å².